The van der Waals surface area contributed by atoms with E-state index in [1.165, 1.54) is 18.3 Å². The molecule has 0 saturated heterocycles. The van der Waals surface area contributed by atoms with Crippen molar-refractivity contribution in [2.24, 2.45) is 7.05 Å². The third-order valence-electron chi connectivity index (χ3n) is 4.84. The number of aryl methyl sites for hydroxylation is 1. The van der Waals surface area contributed by atoms with E-state index in [0.29, 0.717) is 27.8 Å². The standard InChI is InChI=1S/C17H15ClFN5O.C5H2BrFN2O2/c1-10(25)15-5-11(19)3-4-16(15)24-14(8-17(18)22-24)7-13-6-12(9-20)21-23(13)2;6-3-1-4(7)5(8-2-3)9(10)11/h3-6,8,10,25H,7H2,1-2H3;1-2H/t10-;/m1./s1. The summed E-state index contributed by atoms with van der Waals surface area (Å²) in [5, 5.41) is 37.6. The number of hydrogen-bond acceptors (Lipinski definition) is 7. The first-order valence-corrected chi connectivity index (χ1v) is 11.3. The lowest BCUT2D eigenvalue weighted by Gasteiger charge is -2.14. The average Bonchev–Trinajstić information content (AvgIpc) is 3.35. The van der Waals surface area contributed by atoms with Crippen LogP contribution in [0, 0.1) is 33.1 Å². The Balaban J connectivity index is 0.000000275. The van der Waals surface area contributed by atoms with E-state index in [4.69, 9.17) is 16.9 Å². The molecule has 36 heavy (non-hydrogen) atoms. The summed E-state index contributed by atoms with van der Waals surface area (Å²) in [5.74, 6) is -2.14. The third kappa shape index (κ3) is 6.28. The minimum absolute atomic E-state index is 0.276. The van der Waals surface area contributed by atoms with E-state index in [1.54, 1.807) is 41.5 Å². The van der Waals surface area contributed by atoms with Crippen molar-refractivity contribution in [2.75, 3.05) is 0 Å². The molecule has 0 amide bonds. The first-order chi connectivity index (χ1) is 17.0. The molecule has 3 aromatic heterocycles. The fourth-order valence-corrected chi connectivity index (χ4v) is 3.73. The van der Waals surface area contributed by atoms with Gasteiger partial charge in [0.2, 0.25) is 5.82 Å². The molecule has 0 aliphatic carbocycles. The van der Waals surface area contributed by atoms with E-state index in [-0.39, 0.29) is 5.15 Å². The van der Waals surface area contributed by atoms with Crippen molar-refractivity contribution in [3.05, 3.63) is 96.6 Å². The minimum Gasteiger partial charge on any atom is -0.389 e. The molecule has 3 heterocycles. The van der Waals surface area contributed by atoms with Crippen LogP contribution in [0.4, 0.5) is 14.6 Å². The quantitative estimate of drug-likeness (QED) is 0.264. The molecular weight excluding hydrogens is 564 g/mol. The second-order valence-corrected chi connectivity index (χ2v) is 8.70. The van der Waals surface area contributed by atoms with Crippen LogP contribution in [0.3, 0.4) is 0 Å². The van der Waals surface area contributed by atoms with Gasteiger partial charge in [0.25, 0.3) is 0 Å². The van der Waals surface area contributed by atoms with Crippen molar-refractivity contribution >= 4 is 33.3 Å². The molecule has 1 N–H and O–H groups in total. The summed E-state index contributed by atoms with van der Waals surface area (Å²) >= 11 is 8.99. The second-order valence-electron chi connectivity index (χ2n) is 7.40. The molecule has 1 atom stereocenters. The molecule has 0 radical (unpaired) electrons. The molecule has 0 fully saturated rings. The van der Waals surface area contributed by atoms with Crippen LogP contribution in [-0.4, -0.2) is 34.6 Å². The Morgan fingerprint density at radius 3 is 2.56 bits per heavy atom. The topological polar surface area (TPSA) is 136 Å². The molecule has 0 bridgehead atoms. The third-order valence-corrected chi connectivity index (χ3v) is 5.45. The van der Waals surface area contributed by atoms with E-state index in [0.717, 1.165) is 17.5 Å². The monoisotopic (exact) mass is 579 g/mol. The lowest BCUT2D eigenvalue weighted by molar-refractivity contribution is -0.392. The Labute approximate surface area is 216 Å². The van der Waals surface area contributed by atoms with Gasteiger partial charge in [-0.05, 0) is 63.1 Å². The van der Waals surface area contributed by atoms with Gasteiger partial charge in [0, 0.05) is 30.8 Å². The highest BCUT2D eigenvalue weighted by Gasteiger charge is 2.18. The number of nitrogens with zero attached hydrogens (tertiary/aromatic N) is 7. The number of halogens is 4. The predicted octanol–water partition coefficient (Wildman–Crippen LogP) is 4.81. The molecule has 0 unspecified atom stereocenters. The highest BCUT2D eigenvalue weighted by molar-refractivity contribution is 9.10. The molecule has 10 nitrogen and oxygen atoms in total. The maximum absolute atomic E-state index is 13.6. The molecule has 1 aromatic carbocycles. The molecule has 0 saturated carbocycles. The van der Waals surface area contributed by atoms with Crippen LogP contribution in [0.25, 0.3) is 5.69 Å². The van der Waals surface area contributed by atoms with Crippen LogP contribution < -0.4 is 0 Å². The summed E-state index contributed by atoms with van der Waals surface area (Å²) in [5.41, 5.74) is 2.80. The summed E-state index contributed by atoms with van der Waals surface area (Å²) < 4.78 is 29.7. The van der Waals surface area contributed by atoms with Crippen LogP contribution in [0.5, 0.6) is 0 Å². The van der Waals surface area contributed by atoms with Crippen molar-refractivity contribution < 1.29 is 18.8 Å². The molecule has 4 aromatic rings. The lowest BCUT2D eigenvalue weighted by Crippen LogP contribution is -2.09. The van der Waals surface area contributed by atoms with E-state index in [2.05, 4.69) is 31.1 Å². The Hall–Kier alpha value is -3.73. The van der Waals surface area contributed by atoms with Crippen molar-refractivity contribution in [1.82, 2.24) is 24.5 Å². The fourth-order valence-electron chi connectivity index (χ4n) is 3.23. The van der Waals surface area contributed by atoms with Gasteiger partial charge in [0.15, 0.2) is 17.0 Å². The highest BCUT2D eigenvalue weighted by atomic mass is 79.9. The zero-order valence-electron chi connectivity index (χ0n) is 18.7. The largest absolute Gasteiger partial charge is 0.399 e. The number of aliphatic hydroxyl groups excluding tert-OH is 1. The van der Waals surface area contributed by atoms with E-state index in [1.807, 2.05) is 6.07 Å². The van der Waals surface area contributed by atoms with E-state index < -0.39 is 28.5 Å². The number of nitro groups is 1. The smallest absolute Gasteiger partial charge is 0.389 e. The number of hydrogen-bond donors (Lipinski definition) is 1. The van der Waals surface area contributed by atoms with Gasteiger partial charge in [-0.25, -0.2) is 9.07 Å². The van der Waals surface area contributed by atoms with Gasteiger partial charge in [0.05, 0.1) is 22.0 Å². The Morgan fingerprint density at radius 1 is 1.25 bits per heavy atom. The average molecular weight is 581 g/mol. The Bertz CT molecular complexity index is 1470. The van der Waals surface area contributed by atoms with Gasteiger partial charge in [-0.3, -0.25) is 4.68 Å². The van der Waals surface area contributed by atoms with Gasteiger partial charge in [-0.2, -0.15) is 19.8 Å². The van der Waals surface area contributed by atoms with Gasteiger partial charge >= 0.3 is 5.82 Å². The van der Waals surface area contributed by atoms with Crippen molar-refractivity contribution in [1.29, 1.82) is 5.26 Å². The van der Waals surface area contributed by atoms with Crippen molar-refractivity contribution in [3.63, 3.8) is 0 Å². The second kappa shape index (κ2) is 11.3. The van der Waals surface area contributed by atoms with Crippen molar-refractivity contribution in [2.45, 2.75) is 19.4 Å². The highest BCUT2D eigenvalue weighted by Crippen LogP contribution is 2.26. The van der Waals surface area contributed by atoms with Crippen molar-refractivity contribution in [3.8, 4) is 11.8 Å². The zero-order chi connectivity index (χ0) is 26.6. The number of rotatable bonds is 5. The maximum Gasteiger partial charge on any atom is 0.399 e. The summed E-state index contributed by atoms with van der Waals surface area (Å²) in [6, 6.07) is 10.5. The number of pyridine rings is 1. The molecular formula is C22H17BrClF2N7O3. The molecule has 0 aliphatic heterocycles. The van der Waals surface area contributed by atoms with Crippen LogP contribution in [0.1, 0.15) is 35.7 Å². The van der Waals surface area contributed by atoms with E-state index in [9.17, 15) is 24.0 Å². The Kier molecular flexibility index (Phi) is 8.46. The lowest BCUT2D eigenvalue weighted by atomic mass is 10.1. The van der Waals surface area contributed by atoms with Gasteiger partial charge < -0.3 is 15.2 Å². The number of aliphatic hydroxyl groups is 1. The molecule has 0 spiro atoms. The summed E-state index contributed by atoms with van der Waals surface area (Å²) in [6.07, 6.45) is 0.714. The van der Waals surface area contributed by atoms with Crippen LogP contribution in [-0.2, 0) is 13.5 Å². The zero-order valence-corrected chi connectivity index (χ0v) is 21.1. The number of benzene rings is 1. The number of nitriles is 1. The molecule has 14 heteroatoms. The molecule has 4 rings (SSSR count). The molecule has 186 valence electrons. The van der Waals surface area contributed by atoms with Gasteiger partial charge in [0.1, 0.15) is 11.9 Å². The normalized spacial score (nSPS) is 11.4. The Morgan fingerprint density at radius 2 is 1.97 bits per heavy atom. The maximum atomic E-state index is 13.6. The molecule has 0 aliphatic rings. The predicted molar refractivity (Wildman–Crippen MR) is 128 cm³/mol. The van der Waals surface area contributed by atoms with E-state index >= 15 is 0 Å². The number of aromatic nitrogens is 5. The first-order valence-electron chi connectivity index (χ1n) is 10.1. The summed E-state index contributed by atoms with van der Waals surface area (Å²) in [7, 11) is 1.75. The fraction of sp³-hybridized carbons (Fsp3) is 0.182. The van der Waals surface area contributed by atoms with Gasteiger partial charge in [-0.15, -0.1) is 0 Å². The SMILES string of the molecule is C[C@@H](O)c1cc(F)ccc1-n1nc(Cl)cc1Cc1cc(C#N)nn1C.O=[N+]([O-])c1ncc(Br)cc1F. The minimum atomic E-state index is -0.940. The summed E-state index contributed by atoms with van der Waals surface area (Å²) in [4.78, 5) is 12.4. The summed E-state index contributed by atoms with van der Waals surface area (Å²) in [6.45, 7) is 1.56. The first kappa shape index (κ1) is 26.9. The van der Waals surface area contributed by atoms with Crippen LogP contribution in [0.2, 0.25) is 5.15 Å². The van der Waals surface area contributed by atoms with Gasteiger partial charge in [-0.1, -0.05) is 11.6 Å². The van der Waals surface area contributed by atoms with Crippen LogP contribution in [0.15, 0.2) is 47.1 Å². The van der Waals surface area contributed by atoms with Crippen LogP contribution >= 0.6 is 27.5 Å².